The molecule has 1 aromatic heterocycles. The highest BCUT2D eigenvalue weighted by Crippen LogP contribution is 2.30. The zero-order chi connectivity index (χ0) is 13.8. The molecule has 0 saturated heterocycles. The van der Waals surface area contributed by atoms with E-state index in [1.807, 2.05) is 25.1 Å². The number of carbonyl (C=O) groups is 1. The molecule has 0 unspecified atom stereocenters. The van der Waals surface area contributed by atoms with Gasteiger partial charge in [0, 0.05) is 10.6 Å². The Bertz CT molecular complexity index is 592. The second kappa shape index (κ2) is 5.84. The maximum Gasteiger partial charge on any atom is 0.341 e. The Morgan fingerprint density at radius 2 is 2.21 bits per heavy atom. The van der Waals surface area contributed by atoms with Crippen molar-refractivity contribution in [2.75, 3.05) is 12.8 Å². The molecule has 2 aromatic rings. The predicted octanol–water partition coefficient (Wildman–Crippen LogP) is 3.25. The van der Waals surface area contributed by atoms with Crippen molar-refractivity contribution < 1.29 is 13.9 Å². The van der Waals surface area contributed by atoms with Gasteiger partial charge >= 0.3 is 5.97 Å². The van der Waals surface area contributed by atoms with Crippen molar-refractivity contribution in [2.24, 2.45) is 0 Å². The summed E-state index contributed by atoms with van der Waals surface area (Å²) in [6.07, 6.45) is 1.49. The monoisotopic (exact) mass is 277 g/mol. The molecule has 0 aliphatic heterocycles. The van der Waals surface area contributed by atoms with Crippen LogP contribution in [0.4, 0.5) is 5.69 Å². The maximum absolute atomic E-state index is 11.5. The fraction of sp³-hybridized carbons (Fsp3) is 0.214. The Balaban J connectivity index is 2.10. The van der Waals surface area contributed by atoms with E-state index in [1.165, 1.54) is 25.1 Å². The largest absolute Gasteiger partial charge is 0.468 e. The SMILES string of the molecule is COC(=O)c1ccoc1CSc1ccc(C)cc1N. The van der Waals surface area contributed by atoms with Gasteiger partial charge in [-0.25, -0.2) is 4.79 Å². The van der Waals surface area contributed by atoms with Gasteiger partial charge in [-0.05, 0) is 30.7 Å². The Kier molecular flexibility index (Phi) is 4.16. The van der Waals surface area contributed by atoms with E-state index in [0.29, 0.717) is 17.1 Å². The third kappa shape index (κ3) is 3.12. The fourth-order valence-electron chi connectivity index (χ4n) is 1.69. The number of aryl methyl sites for hydroxylation is 1. The highest BCUT2D eigenvalue weighted by Gasteiger charge is 2.15. The molecule has 0 aliphatic rings. The van der Waals surface area contributed by atoms with Crippen LogP contribution in [0.25, 0.3) is 0 Å². The molecule has 0 amide bonds. The van der Waals surface area contributed by atoms with Crippen molar-refractivity contribution >= 4 is 23.4 Å². The van der Waals surface area contributed by atoms with Crippen LogP contribution in [0.5, 0.6) is 0 Å². The molecular formula is C14H15NO3S. The van der Waals surface area contributed by atoms with E-state index in [9.17, 15) is 4.79 Å². The van der Waals surface area contributed by atoms with Gasteiger partial charge in [-0.2, -0.15) is 0 Å². The average molecular weight is 277 g/mol. The van der Waals surface area contributed by atoms with Crippen molar-refractivity contribution in [3.05, 3.63) is 47.4 Å². The predicted molar refractivity (Wildman–Crippen MR) is 75.2 cm³/mol. The number of thioether (sulfide) groups is 1. The molecule has 0 radical (unpaired) electrons. The number of hydrogen-bond acceptors (Lipinski definition) is 5. The van der Waals surface area contributed by atoms with E-state index < -0.39 is 0 Å². The maximum atomic E-state index is 11.5. The molecule has 1 aromatic carbocycles. The van der Waals surface area contributed by atoms with Crippen LogP contribution in [0.3, 0.4) is 0 Å². The number of carbonyl (C=O) groups excluding carboxylic acids is 1. The summed E-state index contributed by atoms with van der Waals surface area (Å²) in [6, 6.07) is 7.50. The molecule has 5 heteroatoms. The number of benzene rings is 1. The van der Waals surface area contributed by atoms with E-state index in [-0.39, 0.29) is 5.97 Å². The van der Waals surface area contributed by atoms with Crippen molar-refractivity contribution in [1.82, 2.24) is 0 Å². The summed E-state index contributed by atoms with van der Waals surface area (Å²) < 4.78 is 10.0. The minimum absolute atomic E-state index is 0.388. The van der Waals surface area contributed by atoms with Crippen LogP contribution in [0.15, 0.2) is 39.8 Å². The lowest BCUT2D eigenvalue weighted by molar-refractivity contribution is 0.0598. The summed E-state index contributed by atoms with van der Waals surface area (Å²) in [7, 11) is 1.35. The molecule has 0 aliphatic carbocycles. The normalized spacial score (nSPS) is 10.4. The van der Waals surface area contributed by atoms with Gasteiger partial charge in [-0.3, -0.25) is 0 Å². The van der Waals surface area contributed by atoms with Crippen LogP contribution in [-0.2, 0) is 10.5 Å². The lowest BCUT2D eigenvalue weighted by Gasteiger charge is -2.06. The average Bonchev–Trinajstić information content (AvgIpc) is 2.85. The van der Waals surface area contributed by atoms with Crippen molar-refractivity contribution in [3.8, 4) is 0 Å². The summed E-state index contributed by atoms with van der Waals surface area (Å²) in [5.74, 6) is 0.739. The van der Waals surface area contributed by atoms with Gasteiger partial charge in [-0.1, -0.05) is 6.07 Å². The van der Waals surface area contributed by atoms with E-state index in [1.54, 1.807) is 6.07 Å². The molecule has 2 N–H and O–H groups in total. The van der Waals surface area contributed by atoms with E-state index in [0.717, 1.165) is 16.1 Å². The molecule has 4 nitrogen and oxygen atoms in total. The van der Waals surface area contributed by atoms with Crippen LogP contribution in [0.1, 0.15) is 21.7 Å². The first-order chi connectivity index (χ1) is 9.11. The minimum Gasteiger partial charge on any atom is -0.468 e. The molecule has 0 spiro atoms. The third-order valence-electron chi connectivity index (χ3n) is 2.67. The summed E-state index contributed by atoms with van der Waals surface area (Å²) in [6.45, 7) is 1.99. The number of hydrogen-bond donors (Lipinski definition) is 1. The first-order valence-corrected chi connectivity index (χ1v) is 6.74. The zero-order valence-corrected chi connectivity index (χ0v) is 11.6. The lowest BCUT2D eigenvalue weighted by Crippen LogP contribution is -2.02. The quantitative estimate of drug-likeness (QED) is 0.528. The van der Waals surface area contributed by atoms with E-state index in [4.69, 9.17) is 14.9 Å². The van der Waals surface area contributed by atoms with Gasteiger partial charge in [-0.15, -0.1) is 11.8 Å². The summed E-state index contributed by atoms with van der Waals surface area (Å²) in [4.78, 5) is 12.5. The van der Waals surface area contributed by atoms with E-state index in [2.05, 4.69) is 0 Å². The first kappa shape index (κ1) is 13.5. The Morgan fingerprint density at radius 3 is 2.89 bits per heavy atom. The highest BCUT2D eigenvalue weighted by atomic mass is 32.2. The number of rotatable bonds is 4. The number of esters is 1. The molecule has 0 fully saturated rings. The van der Waals surface area contributed by atoms with Crippen LogP contribution in [0, 0.1) is 6.92 Å². The first-order valence-electron chi connectivity index (χ1n) is 5.75. The lowest BCUT2D eigenvalue weighted by atomic mass is 10.2. The van der Waals surface area contributed by atoms with Gasteiger partial charge in [0.1, 0.15) is 11.3 Å². The van der Waals surface area contributed by atoms with Gasteiger partial charge in [0.15, 0.2) is 0 Å². The van der Waals surface area contributed by atoms with E-state index >= 15 is 0 Å². The molecular weight excluding hydrogens is 262 g/mol. The van der Waals surface area contributed by atoms with Crippen molar-refractivity contribution in [1.29, 1.82) is 0 Å². The molecule has 0 bridgehead atoms. The summed E-state index contributed by atoms with van der Waals surface area (Å²) in [5, 5.41) is 0. The van der Waals surface area contributed by atoms with Gasteiger partial charge < -0.3 is 14.9 Å². The molecule has 1 heterocycles. The highest BCUT2D eigenvalue weighted by molar-refractivity contribution is 7.98. The number of ether oxygens (including phenoxy) is 1. The number of anilines is 1. The standard InChI is InChI=1S/C14H15NO3S/c1-9-3-4-13(11(15)7-9)19-8-12-10(5-6-18-12)14(16)17-2/h3-7H,8,15H2,1-2H3. The molecule has 0 saturated carbocycles. The third-order valence-corrected chi connectivity index (χ3v) is 3.76. The molecule has 19 heavy (non-hydrogen) atoms. The van der Waals surface area contributed by atoms with Gasteiger partial charge in [0.25, 0.3) is 0 Å². The zero-order valence-electron chi connectivity index (χ0n) is 10.8. The van der Waals surface area contributed by atoms with Crippen molar-refractivity contribution in [2.45, 2.75) is 17.6 Å². The van der Waals surface area contributed by atoms with Gasteiger partial charge in [0.2, 0.25) is 0 Å². The minimum atomic E-state index is -0.388. The Hall–Kier alpha value is -1.88. The number of nitrogen functional groups attached to an aromatic ring is 1. The Morgan fingerprint density at radius 1 is 1.42 bits per heavy atom. The van der Waals surface area contributed by atoms with Crippen LogP contribution >= 0.6 is 11.8 Å². The topological polar surface area (TPSA) is 65.5 Å². The number of furan rings is 1. The van der Waals surface area contributed by atoms with Crippen LogP contribution in [-0.4, -0.2) is 13.1 Å². The summed E-state index contributed by atoms with van der Waals surface area (Å²) in [5.41, 5.74) is 8.25. The molecule has 0 atom stereocenters. The molecule has 100 valence electrons. The Labute approximate surface area is 115 Å². The molecule has 2 rings (SSSR count). The van der Waals surface area contributed by atoms with Crippen LogP contribution in [0.2, 0.25) is 0 Å². The van der Waals surface area contributed by atoms with Gasteiger partial charge in [0.05, 0.1) is 19.1 Å². The number of methoxy groups -OCH3 is 1. The summed E-state index contributed by atoms with van der Waals surface area (Å²) >= 11 is 1.53. The fourth-order valence-corrected chi connectivity index (χ4v) is 2.59. The number of nitrogens with two attached hydrogens (primary N) is 1. The smallest absolute Gasteiger partial charge is 0.341 e. The second-order valence-electron chi connectivity index (χ2n) is 4.08. The van der Waals surface area contributed by atoms with Crippen LogP contribution < -0.4 is 5.73 Å². The second-order valence-corrected chi connectivity index (χ2v) is 5.10. The van der Waals surface area contributed by atoms with Crippen molar-refractivity contribution in [3.63, 3.8) is 0 Å².